The minimum Gasteiger partial charge on any atom is -0.481 e. The van der Waals surface area contributed by atoms with E-state index in [1.54, 1.807) is 6.20 Å². The number of anilines is 1. The van der Waals surface area contributed by atoms with Gasteiger partial charge in [0.1, 0.15) is 5.75 Å². The first kappa shape index (κ1) is 13.5. The van der Waals surface area contributed by atoms with Crippen molar-refractivity contribution < 1.29 is 9.53 Å². The van der Waals surface area contributed by atoms with Crippen LogP contribution in [0.15, 0.2) is 35.8 Å². The van der Waals surface area contributed by atoms with E-state index in [1.807, 2.05) is 43.5 Å². The lowest BCUT2D eigenvalue weighted by Gasteiger charge is -2.16. The van der Waals surface area contributed by atoms with E-state index in [1.165, 1.54) is 11.3 Å². The Kier molecular flexibility index (Phi) is 4.52. The molecular weight excluding hydrogens is 260 g/mol. The Labute approximate surface area is 116 Å². The van der Waals surface area contributed by atoms with E-state index in [0.717, 1.165) is 5.56 Å². The minimum absolute atomic E-state index is 0.168. The number of thiazole rings is 1. The van der Waals surface area contributed by atoms with Crippen molar-refractivity contribution in [3.8, 4) is 5.75 Å². The highest BCUT2D eigenvalue weighted by Gasteiger charge is 2.19. The molecule has 2 aromatic rings. The molecule has 1 aromatic heterocycles. The first-order chi connectivity index (χ1) is 9.19. The van der Waals surface area contributed by atoms with Gasteiger partial charge in [0, 0.05) is 11.6 Å². The number of aryl methyl sites for hydroxylation is 1. The molecule has 1 aromatic carbocycles. The van der Waals surface area contributed by atoms with Gasteiger partial charge >= 0.3 is 0 Å². The maximum Gasteiger partial charge on any atom is 0.267 e. The Bertz CT molecular complexity index is 523. The normalized spacial score (nSPS) is 11.9. The molecule has 4 nitrogen and oxygen atoms in total. The first-order valence-corrected chi connectivity index (χ1v) is 7.00. The Morgan fingerprint density at radius 3 is 2.74 bits per heavy atom. The second-order valence-corrected chi connectivity index (χ2v) is 5.05. The third kappa shape index (κ3) is 3.79. The molecule has 100 valence electrons. The molecule has 0 aliphatic rings. The van der Waals surface area contributed by atoms with Crippen molar-refractivity contribution >= 4 is 22.4 Å². The van der Waals surface area contributed by atoms with Crippen LogP contribution in [0, 0.1) is 6.92 Å². The van der Waals surface area contributed by atoms with Gasteiger partial charge in [0.05, 0.1) is 0 Å². The second kappa shape index (κ2) is 6.33. The van der Waals surface area contributed by atoms with Gasteiger partial charge in [-0.25, -0.2) is 4.98 Å². The van der Waals surface area contributed by atoms with Crippen LogP contribution in [0.5, 0.6) is 5.75 Å². The third-order valence-electron chi connectivity index (χ3n) is 2.63. The molecule has 0 spiro atoms. The number of aromatic nitrogens is 1. The number of carbonyl (C=O) groups is 1. The summed E-state index contributed by atoms with van der Waals surface area (Å²) in [6.07, 6.45) is 1.75. The molecule has 0 aliphatic heterocycles. The summed E-state index contributed by atoms with van der Waals surface area (Å²) >= 11 is 1.39. The van der Waals surface area contributed by atoms with Crippen LogP contribution in [0.2, 0.25) is 0 Å². The van der Waals surface area contributed by atoms with Crippen molar-refractivity contribution in [1.82, 2.24) is 4.98 Å². The molecule has 0 fully saturated rings. The largest absolute Gasteiger partial charge is 0.481 e. The number of ether oxygens (including phenoxy) is 1. The van der Waals surface area contributed by atoms with E-state index in [2.05, 4.69) is 10.3 Å². The van der Waals surface area contributed by atoms with Gasteiger partial charge in [-0.1, -0.05) is 24.6 Å². The summed E-state index contributed by atoms with van der Waals surface area (Å²) in [7, 11) is 0. The van der Waals surface area contributed by atoms with Gasteiger partial charge in [-0.15, -0.1) is 11.3 Å². The smallest absolute Gasteiger partial charge is 0.267 e. The summed E-state index contributed by atoms with van der Waals surface area (Å²) < 4.78 is 5.69. The fourth-order valence-electron chi connectivity index (χ4n) is 1.57. The summed E-state index contributed by atoms with van der Waals surface area (Å²) in [5.74, 6) is 0.532. The molecule has 5 heteroatoms. The quantitative estimate of drug-likeness (QED) is 0.912. The van der Waals surface area contributed by atoms with Gasteiger partial charge in [0.15, 0.2) is 11.2 Å². The van der Waals surface area contributed by atoms with Crippen LogP contribution in [0.1, 0.15) is 18.9 Å². The van der Waals surface area contributed by atoms with Crippen LogP contribution in [-0.2, 0) is 4.79 Å². The zero-order valence-corrected chi connectivity index (χ0v) is 11.7. The molecule has 0 bridgehead atoms. The zero-order valence-electron chi connectivity index (χ0n) is 10.9. The van der Waals surface area contributed by atoms with Gasteiger partial charge < -0.3 is 4.74 Å². The molecule has 0 radical (unpaired) electrons. The maximum absolute atomic E-state index is 12.0. The Hall–Kier alpha value is -1.88. The van der Waals surface area contributed by atoms with Gasteiger partial charge in [-0.05, 0) is 25.5 Å². The van der Waals surface area contributed by atoms with Crippen LogP contribution < -0.4 is 10.1 Å². The van der Waals surface area contributed by atoms with Gasteiger partial charge in [0.2, 0.25) is 0 Å². The van der Waals surface area contributed by atoms with Crippen molar-refractivity contribution in [2.45, 2.75) is 26.4 Å². The molecule has 0 saturated heterocycles. The molecule has 1 unspecified atom stereocenters. The molecular formula is C14H16N2O2S. The van der Waals surface area contributed by atoms with Gasteiger partial charge in [-0.3, -0.25) is 10.1 Å². The van der Waals surface area contributed by atoms with Crippen LogP contribution >= 0.6 is 11.3 Å². The molecule has 19 heavy (non-hydrogen) atoms. The SMILES string of the molecule is CCC(Oc1ccc(C)cc1)C(=O)Nc1nccs1. The second-order valence-electron chi connectivity index (χ2n) is 4.15. The predicted molar refractivity (Wildman–Crippen MR) is 76.6 cm³/mol. The number of nitrogens with one attached hydrogen (secondary N) is 1. The summed E-state index contributed by atoms with van der Waals surface area (Å²) in [5, 5.41) is 5.16. The highest BCUT2D eigenvalue weighted by molar-refractivity contribution is 7.13. The van der Waals surface area contributed by atoms with Crippen LogP contribution in [-0.4, -0.2) is 17.0 Å². The Morgan fingerprint density at radius 2 is 2.16 bits per heavy atom. The number of hydrogen-bond acceptors (Lipinski definition) is 4. The highest BCUT2D eigenvalue weighted by atomic mass is 32.1. The number of rotatable bonds is 5. The fourth-order valence-corrected chi connectivity index (χ4v) is 2.11. The summed E-state index contributed by atoms with van der Waals surface area (Å²) in [6, 6.07) is 7.66. The number of hydrogen-bond donors (Lipinski definition) is 1. The van der Waals surface area contributed by atoms with Crippen LogP contribution in [0.4, 0.5) is 5.13 Å². The van der Waals surface area contributed by atoms with Crippen LogP contribution in [0.3, 0.4) is 0 Å². The minimum atomic E-state index is -0.508. The third-order valence-corrected chi connectivity index (χ3v) is 3.31. The molecule has 1 amide bonds. The van der Waals surface area contributed by atoms with E-state index < -0.39 is 6.10 Å². The molecule has 1 heterocycles. The van der Waals surface area contributed by atoms with Crippen molar-refractivity contribution in [3.63, 3.8) is 0 Å². The number of amides is 1. The van der Waals surface area contributed by atoms with Crippen molar-refractivity contribution in [1.29, 1.82) is 0 Å². The summed E-state index contributed by atoms with van der Waals surface area (Å²) in [6.45, 7) is 3.93. The fraction of sp³-hybridized carbons (Fsp3) is 0.286. The summed E-state index contributed by atoms with van der Waals surface area (Å²) in [4.78, 5) is 16.1. The number of carbonyl (C=O) groups excluding carboxylic acids is 1. The number of benzene rings is 1. The van der Waals surface area contributed by atoms with Crippen molar-refractivity contribution in [2.75, 3.05) is 5.32 Å². The predicted octanol–water partition coefficient (Wildman–Crippen LogP) is 3.25. The average molecular weight is 276 g/mol. The molecule has 1 N–H and O–H groups in total. The highest BCUT2D eigenvalue weighted by Crippen LogP contribution is 2.16. The van der Waals surface area contributed by atoms with E-state index >= 15 is 0 Å². The van der Waals surface area contributed by atoms with E-state index in [9.17, 15) is 4.79 Å². The molecule has 0 aliphatic carbocycles. The van der Waals surface area contributed by atoms with E-state index in [-0.39, 0.29) is 5.91 Å². The lowest BCUT2D eigenvalue weighted by Crippen LogP contribution is -2.32. The Morgan fingerprint density at radius 1 is 1.42 bits per heavy atom. The standard InChI is InChI=1S/C14H16N2O2S/c1-3-12(13(17)16-14-15-8-9-19-14)18-11-6-4-10(2)5-7-11/h4-9,12H,3H2,1-2H3,(H,15,16,17). The molecule has 0 saturated carbocycles. The number of nitrogens with zero attached hydrogens (tertiary/aromatic N) is 1. The van der Waals surface area contributed by atoms with E-state index in [0.29, 0.717) is 17.3 Å². The van der Waals surface area contributed by atoms with Gasteiger partial charge in [0.25, 0.3) is 5.91 Å². The van der Waals surface area contributed by atoms with Crippen molar-refractivity contribution in [2.24, 2.45) is 0 Å². The lowest BCUT2D eigenvalue weighted by molar-refractivity contribution is -0.122. The van der Waals surface area contributed by atoms with E-state index in [4.69, 9.17) is 4.74 Å². The molecule has 1 atom stereocenters. The van der Waals surface area contributed by atoms with Crippen molar-refractivity contribution in [3.05, 3.63) is 41.4 Å². The topological polar surface area (TPSA) is 51.2 Å². The average Bonchev–Trinajstić information content (AvgIpc) is 2.90. The lowest BCUT2D eigenvalue weighted by atomic mass is 10.2. The monoisotopic (exact) mass is 276 g/mol. The van der Waals surface area contributed by atoms with Crippen LogP contribution in [0.25, 0.3) is 0 Å². The first-order valence-electron chi connectivity index (χ1n) is 6.12. The summed E-state index contributed by atoms with van der Waals surface area (Å²) in [5.41, 5.74) is 1.16. The zero-order chi connectivity index (χ0) is 13.7. The Balaban J connectivity index is 1.99. The molecule has 2 rings (SSSR count). The maximum atomic E-state index is 12.0. The van der Waals surface area contributed by atoms with Gasteiger partial charge in [-0.2, -0.15) is 0 Å².